The van der Waals surface area contributed by atoms with Crippen molar-refractivity contribution in [1.82, 2.24) is 30.7 Å². The Labute approximate surface area is 358 Å². The van der Waals surface area contributed by atoms with Gasteiger partial charge in [-0.05, 0) is 58.1 Å². The van der Waals surface area contributed by atoms with E-state index >= 15 is 0 Å². The summed E-state index contributed by atoms with van der Waals surface area (Å²) in [7, 11) is 7.76. The largest absolute Gasteiger partial charge is 0.467 e. The Kier molecular flexibility index (Phi) is 21.5. The van der Waals surface area contributed by atoms with Gasteiger partial charge in [0.2, 0.25) is 23.6 Å². The highest BCUT2D eigenvalue weighted by molar-refractivity contribution is 5.88. The average Bonchev–Trinajstić information content (AvgIpc) is 3.68. The van der Waals surface area contributed by atoms with Crippen LogP contribution in [0.15, 0.2) is 30.3 Å². The number of methoxy groups -OCH3 is 3. The summed E-state index contributed by atoms with van der Waals surface area (Å²) < 4.78 is 22.2. The predicted octanol–water partition coefficient (Wildman–Crippen LogP) is 3.40. The molecule has 16 heteroatoms. The number of carbonyl (C=O) groups is 6. The fraction of sp³-hybridized carbons (Fsp3) is 0.727. The van der Waals surface area contributed by atoms with E-state index in [-0.39, 0.29) is 55.5 Å². The second kappa shape index (κ2) is 24.8. The fourth-order valence-electron chi connectivity index (χ4n) is 8.01. The number of rotatable bonds is 23. The Morgan fingerprint density at radius 1 is 0.917 bits per heavy atom. The molecular formula is C44H74N6O10. The zero-order valence-corrected chi connectivity index (χ0v) is 38.4. The van der Waals surface area contributed by atoms with Crippen LogP contribution in [0.3, 0.4) is 0 Å². The molecule has 5 amide bonds. The summed E-state index contributed by atoms with van der Waals surface area (Å²) in [6.45, 7) is 15.8. The number of likely N-dealkylation sites (N-methyl/N-ethyl adjacent to an activating group) is 2. The van der Waals surface area contributed by atoms with E-state index in [0.717, 1.165) is 5.56 Å². The van der Waals surface area contributed by atoms with Gasteiger partial charge in [-0.15, -0.1) is 0 Å². The van der Waals surface area contributed by atoms with Crippen LogP contribution in [0.4, 0.5) is 4.79 Å². The molecule has 1 aromatic carbocycles. The molecule has 1 heterocycles. The molecule has 1 aromatic rings. The molecule has 0 aromatic heterocycles. The highest BCUT2D eigenvalue weighted by atomic mass is 16.6. The molecule has 0 radical (unpaired) electrons. The van der Waals surface area contributed by atoms with Crippen molar-refractivity contribution in [3.8, 4) is 0 Å². The molecule has 8 atom stereocenters. The molecule has 1 aliphatic heterocycles. The lowest BCUT2D eigenvalue weighted by Crippen LogP contribution is -2.56. The van der Waals surface area contributed by atoms with Gasteiger partial charge in [0.15, 0.2) is 0 Å². The Morgan fingerprint density at radius 3 is 2.12 bits per heavy atom. The minimum atomic E-state index is -0.906. The SMILES string of the molecule is CCC(C)C(C(CC(=O)N1CCCC1C(OC)C(C)C(=O)NC(Cc1ccccc1)C(=O)OC)OC)N(C)C(=O)CNC(=O)C(C(C)C)N(C)CCNC(=O)OC(C)(C)C. The van der Waals surface area contributed by atoms with Crippen LogP contribution in [-0.2, 0) is 49.3 Å². The molecule has 1 aliphatic rings. The Hall–Kier alpha value is -4.28. The van der Waals surface area contributed by atoms with E-state index in [1.807, 2.05) is 62.9 Å². The molecule has 0 aliphatic carbocycles. The molecule has 8 unspecified atom stereocenters. The van der Waals surface area contributed by atoms with Crippen LogP contribution < -0.4 is 16.0 Å². The minimum absolute atomic E-state index is 0.0258. The van der Waals surface area contributed by atoms with E-state index in [9.17, 15) is 28.8 Å². The summed E-state index contributed by atoms with van der Waals surface area (Å²) in [5.74, 6) is -2.69. The number of hydrogen-bond donors (Lipinski definition) is 3. The molecular weight excluding hydrogens is 773 g/mol. The normalized spacial score (nSPS) is 17.8. The lowest BCUT2D eigenvalue weighted by atomic mass is 9.90. The highest BCUT2D eigenvalue weighted by Crippen LogP contribution is 2.29. The average molecular weight is 847 g/mol. The first-order chi connectivity index (χ1) is 28.2. The molecule has 3 N–H and O–H groups in total. The van der Waals surface area contributed by atoms with Crippen molar-refractivity contribution in [3.63, 3.8) is 0 Å². The first-order valence-corrected chi connectivity index (χ1v) is 21.2. The first kappa shape index (κ1) is 51.9. The van der Waals surface area contributed by atoms with Crippen LogP contribution in [0.2, 0.25) is 0 Å². The van der Waals surface area contributed by atoms with Gasteiger partial charge in [-0.2, -0.15) is 0 Å². The number of nitrogens with zero attached hydrogens (tertiary/aromatic N) is 3. The lowest BCUT2D eigenvalue weighted by Gasteiger charge is -2.39. The molecule has 1 saturated heterocycles. The van der Waals surface area contributed by atoms with E-state index in [2.05, 4.69) is 16.0 Å². The van der Waals surface area contributed by atoms with Gasteiger partial charge in [0.25, 0.3) is 0 Å². The summed E-state index contributed by atoms with van der Waals surface area (Å²) in [6, 6.07) is 6.95. The van der Waals surface area contributed by atoms with Crippen LogP contribution in [0.25, 0.3) is 0 Å². The highest BCUT2D eigenvalue weighted by Gasteiger charge is 2.42. The predicted molar refractivity (Wildman–Crippen MR) is 229 cm³/mol. The Balaban J connectivity index is 2.14. The number of esters is 1. The molecule has 1 fully saturated rings. The van der Waals surface area contributed by atoms with Crippen LogP contribution >= 0.6 is 0 Å². The zero-order valence-electron chi connectivity index (χ0n) is 38.4. The van der Waals surface area contributed by atoms with Gasteiger partial charge in [0.1, 0.15) is 11.6 Å². The maximum Gasteiger partial charge on any atom is 0.407 e. The zero-order chi connectivity index (χ0) is 45.3. The van der Waals surface area contributed by atoms with Gasteiger partial charge in [-0.25, -0.2) is 9.59 Å². The second-order valence-corrected chi connectivity index (χ2v) is 17.2. The molecule has 340 valence electrons. The number of ether oxygens (including phenoxy) is 4. The summed E-state index contributed by atoms with van der Waals surface area (Å²) in [5, 5.41) is 8.37. The van der Waals surface area contributed by atoms with E-state index < -0.39 is 65.9 Å². The fourth-order valence-corrected chi connectivity index (χ4v) is 8.01. The third kappa shape index (κ3) is 15.6. The van der Waals surface area contributed by atoms with Crippen LogP contribution in [0, 0.1) is 17.8 Å². The van der Waals surface area contributed by atoms with E-state index in [1.165, 1.54) is 21.3 Å². The third-order valence-electron chi connectivity index (χ3n) is 11.3. The Morgan fingerprint density at radius 2 is 1.57 bits per heavy atom. The van der Waals surface area contributed by atoms with Crippen molar-refractivity contribution in [3.05, 3.63) is 35.9 Å². The smallest absolute Gasteiger partial charge is 0.407 e. The number of carbonyl (C=O) groups excluding carboxylic acids is 6. The van der Waals surface area contributed by atoms with Gasteiger partial charge < -0.3 is 44.7 Å². The topological polar surface area (TPSA) is 185 Å². The molecule has 60 heavy (non-hydrogen) atoms. The van der Waals surface area contributed by atoms with Crippen molar-refractivity contribution >= 4 is 35.7 Å². The third-order valence-corrected chi connectivity index (χ3v) is 11.3. The van der Waals surface area contributed by atoms with Crippen LogP contribution in [0.1, 0.15) is 86.6 Å². The molecule has 0 spiro atoms. The molecule has 0 saturated carbocycles. The summed E-state index contributed by atoms with van der Waals surface area (Å²) in [6.07, 6.45) is 0.367. The number of hydrogen-bond acceptors (Lipinski definition) is 11. The summed E-state index contributed by atoms with van der Waals surface area (Å²) in [5.41, 5.74) is 0.235. The van der Waals surface area contributed by atoms with Gasteiger partial charge >= 0.3 is 12.1 Å². The van der Waals surface area contributed by atoms with Gasteiger partial charge in [0.05, 0.1) is 56.3 Å². The van der Waals surface area contributed by atoms with Gasteiger partial charge in [-0.3, -0.25) is 24.1 Å². The molecule has 2 rings (SSSR count). The lowest BCUT2D eigenvalue weighted by molar-refractivity contribution is -0.148. The van der Waals surface area contributed by atoms with E-state index in [4.69, 9.17) is 18.9 Å². The number of nitrogens with one attached hydrogen (secondary N) is 3. The number of alkyl carbamates (subject to hydrolysis) is 1. The van der Waals surface area contributed by atoms with Crippen molar-refractivity contribution in [1.29, 1.82) is 0 Å². The Bertz CT molecular complexity index is 1540. The minimum Gasteiger partial charge on any atom is -0.467 e. The second-order valence-electron chi connectivity index (χ2n) is 17.2. The van der Waals surface area contributed by atoms with Crippen LogP contribution in [-0.4, -0.2) is 154 Å². The standard InChI is InChI=1S/C44H74N6O10/c1-14-29(4)38(49(10)36(52)27-46-41(54)37(28(2)3)48(9)24-22-45-43(56)60-44(6,7)8)34(57-11)26-35(51)50-23-18-21-33(50)39(58-12)30(5)40(53)47-32(42(55)59-13)25-31-19-16-15-17-20-31/h15-17,19-20,28-30,32-34,37-39H,14,18,21-27H2,1-13H3,(H,45,56)(H,46,54)(H,47,53). The maximum absolute atomic E-state index is 14.2. The first-order valence-electron chi connectivity index (χ1n) is 21.2. The van der Waals surface area contributed by atoms with Crippen molar-refractivity contribution < 1.29 is 47.7 Å². The quantitative estimate of drug-likeness (QED) is 0.137. The van der Waals surface area contributed by atoms with Gasteiger partial charge in [0, 0.05) is 47.3 Å². The van der Waals surface area contributed by atoms with E-state index in [1.54, 1.807) is 51.6 Å². The summed E-state index contributed by atoms with van der Waals surface area (Å²) in [4.78, 5) is 85.0. The van der Waals surface area contributed by atoms with Crippen molar-refractivity contribution in [2.75, 3.05) is 61.6 Å². The number of likely N-dealkylation sites (tertiary alicyclic amines) is 1. The molecule has 16 nitrogen and oxygen atoms in total. The maximum atomic E-state index is 14.2. The number of amides is 5. The number of benzene rings is 1. The monoisotopic (exact) mass is 847 g/mol. The van der Waals surface area contributed by atoms with Gasteiger partial charge in [-0.1, -0.05) is 71.4 Å². The summed E-state index contributed by atoms with van der Waals surface area (Å²) >= 11 is 0. The van der Waals surface area contributed by atoms with Crippen molar-refractivity contribution in [2.24, 2.45) is 17.8 Å². The molecule has 0 bridgehead atoms. The van der Waals surface area contributed by atoms with Crippen LogP contribution in [0.5, 0.6) is 0 Å². The van der Waals surface area contributed by atoms with Crippen molar-refractivity contribution in [2.45, 2.75) is 129 Å². The van der Waals surface area contributed by atoms with E-state index in [0.29, 0.717) is 32.4 Å².